The number of carbonyl (C=O) groups is 1. The van der Waals surface area contributed by atoms with E-state index >= 15 is 0 Å². The minimum atomic E-state index is -0.198. The van der Waals surface area contributed by atoms with Crippen LogP contribution in [0.1, 0.15) is 30.1 Å². The molecule has 1 aromatic heterocycles. The fraction of sp³-hybridized carbons (Fsp3) is 0.267. The minimum Gasteiger partial charge on any atom is -0.361 e. The molecular formula is C15H16N2O. The van der Waals surface area contributed by atoms with Gasteiger partial charge in [0.25, 0.3) is 5.91 Å². The topological polar surface area (TPSA) is 44.9 Å². The zero-order chi connectivity index (χ0) is 13.0. The Morgan fingerprint density at radius 1 is 1.50 bits per heavy atom. The van der Waals surface area contributed by atoms with E-state index in [0.29, 0.717) is 5.56 Å². The summed E-state index contributed by atoms with van der Waals surface area (Å²) in [7, 11) is 0. The lowest BCUT2D eigenvalue weighted by molar-refractivity contribution is 0.0946. The highest BCUT2D eigenvalue weighted by Gasteiger charge is 2.13. The van der Waals surface area contributed by atoms with E-state index in [9.17, 15) is 4.79 Å². The molecular weight excluding hydrogens is 224 g/mol. The summed E-state index contributed by atoms with van der Waals surface area (Å²) in [5, 5.41) is 3.80. The second-order valence-corrected chi connectivity index (χ2v) is 4.23. The molecule has 92 valence electrons. The Morgan fingerprint density at radius 3 is 3.06 bits per heavy atom. The maximum absolute atomic E-state index is 12.2. The second-order valence-electron chi connectivity index (χ2n) is 4.23. The van der Waals surface area contributed by atoms with Crippen LogP contribution in [-0.4, -0.2) is 16.9 Å². The molecule has 0 saturated carbocycles. The molecule has 2 aromatic rings. The van der Waals surface area contributed by atoms with Gasteiger partial charge < -0.3 is 10.3 Å². The molecule has 0 fully saturated rings. The molecule has 1 amide bonds. The van der Waals surface area contributed by atoms with Crippen LogP contribution in [0.2, 0.25) is 0 Å². The number of carbonyl (C=O) groups excluding carboxylic acids is 1. The molecule has 1 aromatic carbocycles. The standard InChI is InChI=1S/C15H16N2O/c1-3-6-11(4-2)17-15(18)13-7-5-8-14-12(13)9-10-16-14/h2,5,7-11,16H,3,6H2,1H3,(H,17,18). The predicted molar refractivity (Wildman–Crippen MR) is 73.3 cm³/mol. The summed E-state index contributed by atoms with van der Waals surface area (Å²) >= 11 is 0. The molecule has 2 rings (SSSR count). The SMILES string of the molecule is C#CC(CCC)NC(=O)c1cccc2[nH]ccc12. The Morgan fingerprint density at radius 2 is 2.33 bits per heavy atom. The summed E-state index contributed by atoms with van der Waals surface area (Å²) in [5.41, 5.74) is 1.61. The fourth-order valence-corrected chi connectivity index (χ4v) is 2.01. The van der Waals surface area contributed by atoms with Gasteiger partial charge in [-0.15, -0.1) is 6.42 Å². The highest BCUT2D eigenvalue weighted by molar-refractivity contribution is 6.06. The van der Waals surface area contributed by atoms with Crippen molar-refractivity contribution in [3.8, 4) is 12.3 Å². The summed E-state index contributed by atoms with van der Waals surface area (Å²) < 4.78 is 0. The summed E-state index contributed by atoms with van der Waals surface area (Å²) in [5.74, 6) is 2.49. The van der Waals surface area contributed by atoms with Crippen LogP contribution in [0.3, 0.4) is 0 Å². The Bertz CT molecular complexity index is 592. The first-order valence-corrected chi connectivity index (χ1v) is 6.09. The van der Waals surface area contributed by atoms with E-state index in [4.69, 9.17) is 6.42 Å². The van der Waals surface area contributed by atoms with E-state index in [1.54, 1.807) is 0 Å². The van der Waals surface area contributed by atoms with Gasteiger partial charge in [-0.25, -0.2) is 0 Å². The van der Waals surface area contributed by atoms with E-state index in [2.05, 4.69) is 16.2 Å². The third kappa shape index (κ3) is 2.38. The van der Waals surface area contributed by atoms with Crippen LogP contribution < -0.4 is 5.32 Å². The van der Waals surface area contributed by atoms with Crippen molar-refractivity contribution >= 4 is 16.8 Å². The number of fused-ring (bicyclic) bond motifs is 1. The molecule has 0 radical (unpaired) electrons. The molecule has 0 aliphatic carbocycles. The largest absolute Gasteiger partial charge is 0.361 e. The van der Waals surface area contributed by atoms with E-state index in [0.717, 1.165) is 23.7 Å². The Balaban J connectivity index is 2.23. The molecule has 0 spiro atoms. The van der Waals surface area contributed by atoms with E-state index in [-0.39, 0.29) is 11.9 Å². The van der Waals surface area contributed by atoms with Crippen molar-refractivity contribution in [2.24, 2.45) is 0 Å². The van der Waals surface area contributed by atoms with Crippen LogP contribution in [0.15, 0.2) is 30.5 Å². The lowest BCUT2D eigenvalue weighted by Gasteiger charge is -2.12. The molecule has 18 heavy (non-hydrogen) atoms. The van der Waals surface area contributed by atoms with Crippen LogP contribution >= 0.6 is 0 Å². The molecule has 0 bridgehead atoms. The molecule has 0 saturated heterocycles. The number of amides is 1. The van der Waals surface area contributed by atoms with Gasteiger partial charge in [0, 0.05) is 22.7 Å². The summed E-state index contributed by atoms with van der Waals surface area (Å²) in [6, 6.07) is 7.31. The first-order valence-electron chi connectivity index (χ1n) is 6.09. The van der Waals surface area contributed by atoms with Gasteiger partial charge in [-0.05, 0) is 24.6 Å². The minimum absolute atomic E-state index is 0.114. The lowest BCUT2D eigenvalue weighted by atomic mass is 10.1. The van der Waals surface area contributed by atoms with Crippen LogP contribution in [0.4, 0.5) is 0 Å². The van der Waals surface area contributed by atoms with Crippen LogP contribution in [0.25, 0.3) is 10.9 Å². The van der Waals surface area contributed by atoms with Gasteiger partial charge in [0.2, 0.25) is 0 Å². The highest BCUT2D eigenvalue weighted by Crippen LogP contribution is 2.17. The molecule has 3 heteroatoms. The van der Waals surface area contributed by atoms with Crippen molar-refractivity contribution in [3.63, 3.8) is 0 Å². The number of benzene rings is 1. The maximum atomic E-state index is 12.2. The molecule has 1 atom stereocenters. The number of terminal acetylenes is 1. The monoisotopic (exact) mass is 240 g/mol. The zero-order valence-corrected chi connectivity index (χ0v) is 10.4. The number of nitrogens with one attached hydrogen (secondary N) is 2. The van der Waals surface area contributed by atoms with Gasteiger partial charge in [-0.3, -0.25) is 4.79 Å². The van der Waals surface area contributed by atoms with Crippen LogP contribution in [0, 0.1) is 12.3 Å². The first-order chi connectivity index (χ1) is 8.76. The average Bonchev–Trinajstić information content (AvgIpc) is 2.85. The van der Waals surface area contributed by atoms with Gasteiger partial charge in [-0.1, -0.05) is 25.3 Å². The molecule has 1 unspecified atom stereocenters. The highest BCUT2D eigenvalue weighted by atomic mass is 16.1. The van der Waals surface area contributed by atoms with Gasteiger partial charge >= 0.3 is 0 Å². The number of aromatic amines is 1. The van der Waals surface area contributed by atoms with Crippen molar-refractivity contribution in [2.75, 3.05) is 0 Å². The molecule has 0 aliphatic heterocycles. The van der Waals surface area contributed by atoms with Crippen LogP contribution in [0.5, 0.6) is 0 Å². The molecule has 3 nitrogen and oxygen atoms in total. The number of hydrogen-bond donors (Lipinski definition) is 2. The van der Waals surface area contributed by atoms with Gasteiger partial charge in [-0.2, -0.15) is 0 Å². The Kier molecular flexibility index (Phi) is 3.69. The summed E-state index contributed by atoms with van der Waals surface area (Å²) in [6.45, 7) is 2.05. The average molecular weight is 240 g/mol. The van der Waals surface area contributed by atoms with Crippen molar-refractivity contribution in [3.05, 3.63) is 36.0 Å². The van der Waals surface area contributed by atoms with Crippen molar-refractivity contribution in [1.82, 2.24) is 10.3 Å². The third-order valence-electron chi connectivity index (χ3n) is 2.92. The van der Waals surface area contributed by atoms with E-state index in [1.165, 1.54) is 0 Å². The smallest absolute Gasteiger partial charge is 0.252 e. The lowest BCUT2D eigenvalue weighted by Crippen LogP contribution is -2.33. The number of aromatic nitrogens is 1. The van der Waals surface area contributed by atoms with Crippen LogP contribution in [-0.2, 0) is 0 Å². The molecule has 2 N–H and O–H groups in total. The van der Waals surface area contributed by atoms with E-state index in [1.807, 2.05) is 37.4 Å². The molecule has 1 heterocycles. The van der Waals surface area contributed by atoms with Crippen molar-refractivity contribution < 1.29 is 4.79 Å². The van der Waals surface area contributed by atoms with Gasteiger partial charge in [0.15, 0.2) is 0 Å². The number of H-pyrrole nitrogens is 1. The Hall–Kier alpha value is -2.21. The van der Waals surface area contributed by atoms with Gasteiger partial charge in [0.1, 0.15) is 0 Å². The first kappa shape index (κ1) is 12.3. The third-order valence-corrected chi connectivity index (χ3v) is 2.92. The van der Waals surface area contributed by atoms with Crippen molar-refractivity contribution in [1.29, 1.82) is 0 Å². The molecule has 0 aliphatic rings. The quantitative estimate of drug-likeness (QED) is 0.793. The number of rotatable bonds is 4. The normalized spacial score (nSPS) is 12.0. The van der Waals surface area contributed by atoms with Gasteiger partial charge in [0.05, 0.1) is 6.04 Å². The second kappa shape index (κ2) is 5.42. The fourth-order valence-electron chi connectivity index (χ4n) is 2.01. The maximum Gasteiger partial charge on any atom is 0.252 e. The number of hydrogen-bond acceptors (Lipinski definition) is 1. The Labute approximate surface area is 107 Å². The van der Waals surface area contributed by atoms with E-state index < -0.39 is 0 Å². The predicted octanol–water partition coefficient (Wildman–Crippen LogP) is 2.70. The van der Waals surface area contributed by atoms with Crippen molar-refractivity contribution in [2.45, 2.75) is 25.8 Å². The summed E-state index contributed by atoms with van der Waals surface area (Å²) in [4.78, 5) is 15.3. The summed E-state index contributed by atoms with van der Waals surface area (Å²) in [6.07, 6.45) is 8.98. The zero-order valence-electron chi connectivity index (χ0n) is 10.4.